The van der Waals surface area contributed by atoms with Gasteiger partial charge in [-0.2, -0.15) is 0 Å². The van der Waals surface area contributed by atoms with Crippen LogP contribution in [0.1, 0.15) is 12.5 Å². The van der Waals surface area contributed by atoms with E-state index in [1.54, 1.807) is 37.3 Å². The first-order valence-electron chi connectivity index (χ1n) is 8.24. The van der Waals surface area contributed by atoms with Gasteiger partial charge in [0.2, 0.25) is 15.9 Å². The van der Waals surface area contributed by atoms with Gasteiger partial charge >= 0.3 is 0 Å². The zero-order valence-corrected chi connectivity index (χ0v) is 15.5. The molecule has 26 heavy (non-hydrogen) atoms. The van der Waals surface area contributed by atoms with Crippen molar-refractivity contribution in [2.75, 3.05) is 10.6 Å². The number of hydrogen-bond donors (Lipinski definition) is 2. The number of amides is 1. The van der Waals surface area contributed by atoms with Crippen molar-refractivity contribution in [2.45, 2.75) is 19.5 Å². The molecule has 1 atom stereocenters. The summed E-state index contributed by atoms with van der Waals surface area (Å²) in [6.07, 6.45) is 2.96. The van der Waals surface area contributed by atoms with Gasteiger partial charge in [0, 0.05) is 18.3 Å². The number of aromatic nitrogens is 1. The Morgan fingerprint density at radius 1 is 1.15 bits per heavy atom. The highest BCUT2D eigenvalue weighted by Crippen LogP contribution is 2.20. The third-order valence-electron chi connectivity index (χ3n) is 4.19. The van der Waals surface area contributed by atoms with E-state index in [0.29, 0.717) is 12.2 Å². The lowest BCUT2D eigenvalue weighted by atomic mass is 10.1. The third-order valence-corrected chi connectivity index (χ3v) is 5.43. The van der Waals surface area contributed by atoms with Crippen molar-refractivity contribution in [1.82, 2.24) is 10.3 Å². The summed E-state index contributed by atoms with van der Waals surface area (Å²) in [5.74, 6) is -0.356. The second-order valence-corrected chi connectivity index (χ2v) is 8.05. The molecule has 0 radical (unpaired) electrons. The summed E-state index contributed by atoms with van der Waals surface area (Å²) in [6, 6.07) is 15.6. The fourth-order valence-electron chi connectivity index (χ4n) is 2.93. The number of nitrogens with zero attached hydrogens (tertiary/aromatic N) is 1. The summed E-state index contributed by atoms with van der Waals surface area (Å²) in [5, 5.41) is 3.92. The lowest BCUT2D eigenvalue weighted by Gasteiger charge is -2.28. The van der Waals surface area contributed by atoms with E-state index < -0.39 is 16.1 Å². The molecule has 3 rings (SSSR count). The summed E-state index contributed by atoms with van der Waals surface area (Å²) in [4.78, 5) is 15.7. The molecule has 0 bridgehead atoms. The average molecular weight is 371 g/mol. The van der Waals surface area contributed by atoms with Crippen molar-refractivity contribution in [3.63, 3.8) is 0 Å². The van der Waals surface area contributed by atoms with Crippen LogP contribution in [0, 0.1) is 0 Å². The third kappa shape index (κ3) is 3.88. The molecule has 0 saturated heterocycles. The number of carbonyl (C=O) groups is 1. The zero-order chi connectivity index (χ0) is 18.7. The van der Waals surface area contributed by atoms with Crippen LogP contribution >= 0.6 is 0 Å². The normalized spacial score (nSPS) is 12.7. The van der Waals surface area contributed by atoms with Crippen molar-refractivity contribution in [3.05, 3.63) is 66.4 Å². The number of H-pyrrole nitrogens is 1. The summed E-state index contributed by atoms with van der Waals surface area (Å²) < 4.78 is 25.6. The molecule has 1 aromatic heterocycles. The topological polar surface area (TPSA) is 82.3 Å². The number of nitrogens with one attached hydrogen (secondary N) is 2. The van der Waals surface area contributed by atoms with Crippen molar-refractivity contribution in [3.8, 4) is 0 Å². The van der Waals surface area contributed by atoms with Crippen molar-refractivity contribution in [1.29, 1.82) is 0 Å². The maximum Gasteiger partial charge on any atom is 0.243 e. The summed E-state index contributed by atoms with van der Waals surface area (Å²) in [7, 11) is -3.60. The van der Waals surface area contributed by atoms with E-state index in [1.807, 2.05) is 30.5 Å². The van der Waals surface area contributed by atoms with Gasteiger partial charge in [-0.05, 0) is 42.1 Å². The number of rotatable bonds is 6. The fraction of sp³-hybridized carbons (Fsp3) is 0.211. The van der Waals surface area contributed by atoms with E-state index in [1.165, 1.54) is 0 Å². The van der Waals surface area contributed by atoms with Crippen molar-refractivity contribution < 1.29 is 13.2 Å². The van der Waals surface area contributed by atoms with E-state index >= 15 is 0 Å². The molecule has 6 nitrogen and oxygen atoms in total. The number of benzene rings is 2. The van der Waals surface area contributed by atoms with Gasteiger partial charge < -0.3 is 10.3 Å². The highest BCUT2D eigenvalue weighted by Gasteiger charge is 2.28. The Morgan fingerprint density at radius 2 is 1.88 bits per heavy atom. The average Bonchev–Trinajstić information content (AvgIpc) is 3.07. The van der Waals surface area contributed by atoms with Crippen LogP contribution in [0.3, 0.4) is 0 Å². The van der Waals surface area contributed by atoms with Gasteiger partial charge in [-0.3, -0.25) is 9.10 Å². The Bertz CT molecular complexity index is 1010. The molecule has 136 valence electrons. The highest BCUT2D eigenvalue weighted by atomic mass is 32.2. The highest BCUT2D eigenvalue weighted by molar-refractivity contribution is 7.92. The number of hydrogen-bond acceptors (Lipinski definition) is 3. The maximum absolute atomic E-state index is 12.6. The van der Waals surface area contributed by atoms with Gasteiger partial charge in [0.15, 0.2) is 0 Å². The Labute approximate surface area is 152 Å². The molecule has 1 amide bonds. The molecular weight excluding hydrogens is 350 g/mol. The zero-order valence-electron chi connectivity index (χ0n) is 14.6. The summed E-state index contributed by atoms with van der Waals surface area (Å²) >= 11 is 0. The van der Waals surface area contributed by atoms with Crippen LogP contribution < -0.4 is 9.62 Å². The monoisotopic (exact) mass is 371 g/mol. The minimum atomic E-state index is -3.60. The quantitative estimate of drug-likeness (QED) is 0.699. The molecule has 3 aromatic rings. The first kappa shape index (κ1) is 18.0. The number of fused-ring (bicyclic) bond motifs is 1. The molecule has 0 spiro atoms. The first-order chi connectivity index (χ1) is 12.4. The van der Waals surface area contributed by atoms with Crippen LogP contribution in [0.5, 0.6) is 0 Å². The lowest BCUT2D eigenvalue weighted by Crippen LogP contribution is -2.47. The van der Waals surface area contributed by atoms with Crippen LogP contribution in [0.15, 0.2) is 60.8 Å². The van der Waals surface area contributed by atoms with Crippen molar-refractivity contribution in [2.24, 2.45) is 0 Å². The molecule has 0 fully saturated rings. The molecule has 0 aliphatic rings. The van der Waals surface area contributed by atoms with Crippen LogP contribution in [-0.4, -0.2) is 31.6 Å². The molecule has 7 heteroatoms. The number of sulfonamides is 1. The van der Waals surface area contributed by atoms with E-state index in [9.17, 15) is 13.2 Å². The largest absolute Gasteiger partial charge is 0.361 e. The number of anilines is 1. The van der Waals surface area contributed by atoms with E-state index in [-0.39, 0.29) is 5.91 Å². The van der Waals surface area contributed by atoms with Gasteiger partial charge in [0.1, 0.15) is 6.04 Å². The first-order valence-corrected chi connectivity index (χ1v) is 10.1. The van der Waals surface area contributed by atoms with Crippen LogP contribution in [0.25, 0.3) is 10.9 Å². The lowest BCUT2D eigenvalue weighted by molar-refractivity contribution is -0.122. The van der Waals surface area contributed by atoms with E-state index in [2.05, 4.69) is 10.3 Å². The molecule has 0 saturated carbocycles. The van der Waals surface area contributed by atoms with Crippen LogP contribution in [0.4, 0.5) is 5.69 Å². The van der Waals surface area contributed by atoms with Gasteiger partial charge in [-0.25, -0.2) is 8.42 Å². The number of carbonyl (C=O) groups excluding carboxylic acids is 1. The Hall–Kier alpha value is -2.80. The van der Waals surface area contributed by atoms with Gasteiger partial charge in [-0.1, -0.05) is 30.3 Å². The van der Waals surface area contributed by atoms with Gasteiger partial charge in [0.05, 0.1) is 11.9 Å². The smallest absolute Gasteiger partial charge is 0.243 e. The summed E-state index contributed by atoms with van der Waals surface area (Å²) in [5.41, 5.74) is 2.39. The maximum atomic E-state index is 12.6. The standard InChI is InChI=1S/C19H21N3O3S/c1-14(22(26(2,24)25)17-6-4-3-5-7-17)19(23)21-13-15-8-9-16-10-11-20-18(16)12-15/h3-12,14,20H,13H2,1-2H3,(H,21,23). The van der Waals surface area contributed by atoms with Gasteiger partial charge in [0.25, 0.3) is 0 Å². The Morgan fingerprint density at radius 3 is 2.58 bits per heavy atom. The molecule has 2 N–H and O–H groups in total. The summed E-state index contributed by atoms with van der Waals surface area (Å²) in [6.45, 7) is 1.90. The Balaban J connectivity index is 1.74. The minimum Gasteiger partial charge on any atom is -0.361 e. The SMILES string of the molecule is CC(C(=O)NCc1ccc2cc[nH]c2c1)N(c1ccccc1)S(C)(=O)=O. The number of aromatic amines is 1. The molecule has 0 aliphatic heterocycles. The van der Waals surface area contributed by atoms with Crippen LogP contribution in [-0.2, 0) is 21.4 Å². The van der Waals surface area contributed by atoms with Gasteiger partial charge in [-0.15, -0.1) is 0 Å². The van der Waals surface area contributed by atoms with E-state index in [0.717, 1.165) is 27.0 Å². The second kappa shape index (κ2) is 7.21. The second-order valence-electron chi connectivity index (χ2n) is 6.19. The molecule has 1 heterocycles. The number of para-hydroxylation sites is 1. The predicted octanol–water partition coefficient (Wildman–Crippen LogP) is 2.64. The fourth-order valence-corrected chi connectivity index (χ4v) is 4.10. The van der Waals surface area contributed by atoms with Crippen molar-refractivity contribution >= 4 is 32.5 Å². The minimum absolute atomic E-state index is 0.324. The van der Waals surface area contributed by atoms with E-state index in [4.69, 9.17) is 0 Å². The van der Waals surface area contributed by atoms with Crippen LogP contribution in [0.2, 0.25) is 0 Å². The predicted molar refractivity (Wildman–Crippen MR) is 103 cm³/mol. The molecule has 0 aliphatic carbocycles. The molecular formula is C19H21N3O3S. The molecule has 1 unspecified atom stereocenters. The molecule has 2 aromatic carbocycles. The Kier molecular flexibility index (Phi) is 4.99.